The molecule has 3 rings (SSSR count). The highest BCUT2D eigenvalue weighted by Gasteiger charge is 2.19. The number of carbonyl (C=O) groups is 2. The maximum Gasteiger partial charge on any atom is 0.257 e. The van der Waals surface area contributed by atoms with Crippen molar-refractivity contribution in [2.45, 2.75) is 45.1 Å². The zero-order valence-corrected chi connectivity index (χ0v) is 17.8. The average Bonchev–Trinajstić information content (AvgIpc) is 2.70. The molecule has 0 heterocycles. The molecule has 152 valence electrons. The number of anilines is 1. The molecule has 0 aliphatic heterocycles. The first-order valence-corrected chi connectivity index (χ1v) is 10.5. The third-order valence-electron chi connectivity index (χ3n) is 4.92. The van der Waals surface area contributed by atoms with E-state index < -0.39 is 0 Å². The Morgan fingerprint density at radius 1 is 1.03 bits per heavy atom. The highest BCUT2D eigenvalue weighted by Crippen LogP contribution is 2.23. The first kappa shape index (κ1) is 21.3. The van der Waals surface area contributed by atoms with Crippen LogP contribution in [0.3, 0.4) is 0 Å². The van der Waals surface area contributed by atoms with Crippen LogP contribution in [0, 0.1) is 6.92 Å². The van der Waals surface area contributed by atoms with Crippen molar-refractivity contribution >= 4 is 46.4 Å². The standard InChI is InChI=1S/C22H24ClN3O2S/c1-14-6-5-7-15(12-14)20(27)26-22(29)25-17-10-11-19(23)18(13-17)21(28)24-16-8-3-2-4-9-16/h5-7,10-13,16H,2-4,8-9H2,1H3,(H,24,28)(H2,25,26,27,29). The highest BCUT2D eigenvalue weighted by molar-refractivity contribution is 7.80. The lowest BCUT2D eigenvalue weighted by Gasteiger charge is -2.23. The van der Waals surface area contributed by atoms with Crippen molar-refractivity contribution in [3.05, 3.63) is 64.2 Å². The summed E-state index contributed by atoms with van der Waals surface area (Å²) in [6.07, 6.45) is 5.48. The fourth-order valence-electron chi connectivity index (χ4n) is 3.41. The molecule has 0 radical (unpaired) electrons. The van der Waals surface area contributed by atoms with Gasteiger partial charge in [-0.3, -0.25) is 14.9 Å². The monoisotopic (exact) mass is 429 g/mol. The number of aryl methyl sites for hydroxylation is 1. The predicted molar refractivity (Wildman–Crippen MR) is 121 cm³/mol. The third-order valence-corrected chi connectivity index (χ3v) is 5.45. The molecule has 7 heteroatoms. The van der Waals surface area contributed by atoms with Gasteiger partial charge >= 0.3 is 0 Å². The summed E-state index contributed by atoms with van der Waals surface area (Å²) in [6, 6.07) is 12.4. The molecule has 0 bridgehead atoms. The molecule has 1 saturated carbocycles. The second kappa shape index (κ2) is 9.85. The minimum absolute atomic E-state index is 0.150. The summed E-state index contributed by atoms with van der Waals surface area (Å²) in [4.78, 5) is 25.0. The van der Waals surface area contributed by atoms with Crippen molar-refractivity contribution in [2.75, 3.05) is 5.32 Å². The Bertz CT molecular complexity index is 926. The summed E-state index contributed by atoms with van der Waals surface area (Å²) in [7, 11) is 0. The van der Waals surface area contributed by atoms with Gasteiger partial charge in [-0.1, -0.05) is 48.6 Å². The Balaban J connectivity index is 1.63. The van der Waals surface area contributed by atoms with E-state index in [2.05, 4.69) is 16.0 Å². The summed E-state index contributed by atoms with van der Waals surface area (Å²) >= 11 is 11.5. The van der Waals surface area contributed by atoms with E-state index in [-0.39, 0.29) is 23.0 Å². The smallest absolute Gasteiger partial charge is 0.257 e. The van der Waals surface area contributed by atoms with Gasteiger partial charge < -0.3 is 10.6 Å². The number of nitrogens with one attached hydrogen (secondary N) is 3. The number of hydrogen-bond acceptors (Lipinski definition) is 3. The van der Waals surface area contributed by atoms with Gasteiger partial charge in [-0.25, -0.2) is 0 Å². The van der Waals surface area contributed by atoms with Gasteiger partial charge in [0.25, 0.3) is 11.8 Å². The van der Waals surface area contributed by atoms with E-state index in [1.807, 2.05) is 19.1 Å². The molecule has 0 aromatic heterocycles. The molecular formula is C22H24ClN3O2S. The van der Waals surface area contributed by atoms with Crippen LogP contribution in [0.4, 0.5) is 5.69 Å². The summed E-state index contributed by atoms with van der Waals surface area (Å²) in [5, 5.41) is 9.18. The molecule has 0 atom stereocenters. The zero-order chi connectivity index (χ0) is 20.8. The van der Waals surface area contributed by atoms with Crippen LogP contribution < -0.4 is 16.0 Å². The Labute approximate surface area is 181 Å². The van der Waals surface area contributed by atoms with Crippen molar-refractivity contribution < 1.29 is 9.59 Å². The molecule has 2 aromatic rings. The molecule has 5 nitrogen and oxygen atoms in total. The van der Waals surface area contributed by atoms with Gasteiger partial charge in [0.05, 0.1) is 10.6 Å². The summed E-state index contributed by atoms with van der Waals surface area (Å²) < 4.78 is 0. The van der Waals surface area contributed by atoms with Crippen molar-refractivity contribution in [2.24, 2.45) is 0 Å². The minimum Gasteiger partial charge on any atom is -0.349 e. The van der Waals surface area contributed by atoms with Crippen LogP contribution in [0.25, 0.3) is 0 Å². The Morgan fingerprint density at radius 2 is 1.79 bits per heavy atom. The SMILES string of the molecule is Cc1cccc(C(=O)NC(=S)Nc2ccc(Cl)c(C(=O)NC3CCCCC3)c2)c1. The van der Waals surface area contributed by atoms with Gasteiger partial charge in [-0.15, -0.1) is 0 Å². The van der Waals surface area contributed by atoms with Crippen molar-refractivity contribution in [3.8, 4) is 0 Å². The number of benzene rings is 2. The summed E-state index contributed by atoms with van der Waals surface area (Å²) in [5.41, 5.74) is 2.48. The third kappa shape index (κ3) is 6.02. The Hall–Kier alpha value is -2.44. The van der Waals surface area contributed by atoms with Crippen LogP contribution >= 0.6 is 23.8 Å². The second-order valence-electron chi connectivity index (χ2n) is 7.28. The topological polar surface area (TPSA) is 70.2 Å². The second-order valence-corrected chi connectivity index (χ2v) is 8.10. The number of carbonyl (C=O) groups excluding carboxylic acids is 2. The number of halogens is 1. The summed E-state index contributed by atoms with van der Waals surface area (Å²) in [6.45, 7) is 1.92. The highest BCUT2D eigenvalue weighted by atomic mass is 35.5. The van der Waals surface area contributed by atoms with Gasteiger partial charge in [-0.2, -0.15) is 0 Å². The van der Waals surface area contributed by atoms with Gasteiger partial charge in [0.2, 0.25) is 0 Å². The number of thiocarbonyl (C=S) groups is 1. The molecule has 0 unspecified atom stereocenters. The van der Waals surface area contributed by atoms with Crippen LogP contribution in [0.2, 0.25) is 5.02 Å². The Kier molecular flexibility index (Phi) is 7.23. The van der Waals surface area contributed by atoms with E-state index in [9.17, 15) is 9.59 Å². The fraction of sp³-hybridized carbons (Fsp3) is 0.318. The molecule has 0 spiro atoms. The van der Waals surface area contributed by atoms with E-state index in [1.54, 1.807) is 30.3 Å². The van der Waals surface area contributed by atoms with Crippen molar-refractivity contribution in [1.29, 1.82) is 0 Å². The van der Waals surface area contributed by atoms with Crippen molar-refractivity contribution in [3.63, 3.8) is 0 Å². The van der Waals surface area contributed by atoms with Crippen LogP contribution in [0.1, 0.15) is 58.4 Å². The minimum atomic E-state index is -0.296. The molecule has 1 aliphatic carbocycles. The van der Waals surface area contributed by atoms with Crippen LogP contribution in [0.5, 0.6) is 0 Å². The largest absolute Gasteiger partial charge is 0.349 e. The van der Waals surface area contributed by atoms with E-state index in [1.165, 1.54) is 6.42 Å². The van der Waals surface area contributed by atoms with E-state index in [0.29, 0.717) is 21.8 Å². The predicted octanol–water partition coefficient (Wildman–Crippen LogP) is 4.84. The fourth-order valence-corrected chi connectivity index (χ4v) is 3.82. The van der Waals surface area contributed by atoms with E-state index in [4.69, 9.17) is 23.8 Å². The van der Waals surface area contributed by atoms with Crippen LogP contribution in [0.15, 0.2) is 42.5 Å². The van der Waals surface area contributed by atoms with Gasteiger partial charge in [0.1, 0.15) is 0 Å². The maximum absolute atomic E-state index is 12.6. The maximum atomic E-state index is 12.6. The van der Waals surface area contributed by atoms with Gasteiger partial charge in [0.15, 0.2) is 5.11 Å². The molecule has 29 heavy (non-hydrogen) atoms. The quantitative estimate of drug-likeness (QED) is 0.608. The van der Waals surface area contributed by atoms with E-state index >= 15 is 0 Å². The first-order chi connectivity index (χ1) is 13.9. The molecule has 0 saturated heterocycles. The first-order valence-electron chi connectivity index (χ1n) is 9.72. The van der Waals surface area contributed by atoms with Crippen LogP contribution in [-0.4, -0.2) is 23.0 Å². The number of hydrogen-bond donors (Lipinski definition) is 3. The van der Waals surface area contributed by atoms with Gasteiger partial charge in [0, 0.05) is 17.3 Å². The molecule has 2 amide bonds. The van der Waals surface area contributed by atoms with Gasteiger partial charge in [-0.05, 0) is 62.3 Å². The summed E-state index contributed by atoms with van der Waals surface area (Å²) in [5.74, 6) is -0.490. The molecule has 1 fully saturated rings. The van der Waals surface area contributed by atoms with Crippen LogP contribution in [-0.2, 0) is 0 Å². The lowest BCUT2D eigenvalue weighted by molar-refractivity contribution is 0.0926. The molecule has 3 N–H and O–H groups in total. The average molecular weight is 430 g/mol. The van der Waals surface area contributed by atoms with Crippen molar-refractivity contribution in [1.82, 2.24) is 10.6 Å². The lowest BCUT2D eigenvalue weighted by Crippen LogP contribution is -2.36. The number of amides is 2. The molecular weight excluding hydrogens is 406 g/mol. The van der Waals surface area contributed by atoms with E-state index in [0.717, 1.165) is 31.2 Å². The number of rotatable bonds is 4. The Morgan fingerprint density at radius 3 is 2.52 bits per heavy atom. The molecule has 2 aromatic carbocycles. The zero-order valence-electron chi connectivity index (χ0n) is 16.3. The normalized spacial score (nSPS) is 14.1. The molecule has 1 aliphatic rings. The lowest BCUT2D eigenvalue weighted by atomic mass is 9.95.